The average molecular weight is 176 g/mol. The molecule has 0 spiro atoms. The number of rotatable bonds is 1. The molecule has 2 rings (SSSR count). The van der Waals surface area contributed by atoms with Gasteiger partial charge in [-0.3, -0.25) is 0 Å². The molecule has 0 aromatic carbocycles. The number of aryl methyl sites for hydroxylation is 2. The van der Waals surface area contributed by atoms with E-state index < -0.39 is 0 Å². The van der Waals surface area contributed by atoms with Crippen molar-refractivity contribution in [1.29, 1.82) is 0 Å². The van der Waals surface area contributed by atoms with Crippen LogP contribution < -0.4 is 0 Å². The van der Waals surface area contributed by atoms with Crippen molar-refractivity contribution in [2.24, 2.45) is 0 Å². The molecule has 0 N–H and O–H groups in total. The molecule has 0 atom stereocenters. The van der Waals surface area contributed by atoms with Crippen molar-refractivity contribution in [1.82, 2.24) is 19.6 Å². The van der Waals surface area contributed by atoms with Gasteiger partial charge in [0.25, 0.3) is 5.78 Å². The first-order chi connectivity index (χ1) is 6.24. The molecule has 4 heteroatoms. The van der Waals surface area contributed by atoms with Crippen LogP contribution in [0.5, 0.6) is 0 Å². The zero-order valence-electron chi connectivity index (χ0n) is 8.07. The summed E-state index contributed by atoms with van der Waals surface area (Å²) in [4.78, 5) is 8.40. The Morgan fingerprint density at radius 3 is 2.85 bits per heavy atom. The van der Waals surface area contributed by atoms with Gasteiger partial charge < -0.3 is 0 Å². The van der Waals surface area contributed by atoms with Crippen LogP contribution in [0.3, 0.4) is 0 Å². The lowest BCUT2D eigenvalue weighted by atomic mass is 10.1. The van der Waals surface area contributed by atoms with Crippen LogP contribution in [0.2, 0.25) is 0 Å². The van der Waals surface area contributed by atoms with Gasteiger partial charge in [-0.15, -0.1) is 0 Å². The van der Waals surface area contributed by atoms with E-state index in [0.717, 1.165) is 12.1 Å². The third-order valence-corrected chi connectivity index (χ3v) is 2.36. The van der Waals surface area contributed by atoms with E-state index in [0.29, 0.717) is 5.78 Å². The SMILES string of the molecule is CCc1c(C)c(C)nc2ncnn12. The first kappa shape index (κ1) is 8.16. The lowest BCUT2D eigenvalue weighted by Gasteiger charge is -2.06. The number of nitrogens with zero attached hydrogens (tertiary/aromatic N) is 4. The van der Waals surface area contributed by atoms with Gasteiger partial charge in [0.2, 0.25) is 0 Å². The molecule has 0 radical (unpaired) electrons. The lowest BCUT2D eigenvalue weighted by molar-refractivity contribution is 0.825. The fourth-order valence-electron chi connectivity index (χ4n) is 1.52. The van der Waals surface area contributed by atoms with Crippen molar-refractivity contribution in [3.05, 3.63) is 23.3 Å². The van der Waals surface area contributed by atoms with E-state index >= 15 is 0 Å². The summed E-state index contributed by atoms with van der Waals surface area (Å²) in [5, 5.41) is 4.13. The predicted molar refractivity (Wildman–Crippen MR) is 49.6 cm³/mol. The Hall–Kier alpha value is -1.45. The van der Waals surface area contributed by atoms with Gasteiger partial charge in [0.1, 0.15) is 6.33 Å². The number of fused-ring (bicyclic) bond motifs is 1. The molecular weight excluding hydrogens is 164 g/mol. The van der Waals surface area contributed by atoms with Crippen LogP contribution in [-0.4, -0.2) is 19.6 Å². The topological polar surface area (TPSA) is 43.1 Å². The fraction of sp³-hybridized carbons (Fsp3) is 0.444. The highest BCUT2D eigenvalue weighted by molar-refractivity contribution is 5.35. The molecule has 13 heavy (non-hydrogen) atoms. The Morgan fingerprint density at radius 2 is 2.15 bits per heavy atom. The first-order valence-electron chi connectivity index (χ1n) is 4.40. The molecule has 4 nitrogen and oxygen atoms in total. The molecule has 2 aromatic rings. The van der Waals surface area contributed by atoms with Gasteiger partial charge >= 0.3 is 0 Å². The second-order valence-electron chi connectivity index (χ2n) is 3.09. The summed E-state index contributed by atoms with van der Waals surface area (Å²) < 4.78 is 1.81. The molecule has 0 saturated carbocycles. The minimum absolute atomic E-state index is 0.694. The summed E-state index contributed by atoms with van der Waals surface area (Å²) in [7, 11) is 0. The Bertz CT molecular complexity index is 444. The minimum Gasteiger partial charge on any atom is -0.216 e. The molecule has 2 aromatic heterocycles. The van der Waals surface area contributed by atoms with E-state index in [2.05, 4.69) is 28.9 Å². The minimum atomic E-state index is 0.694. The quantitative estimate of drug-likeness (QED) is 0.657. The van der Waals surface area contributed by atoms with Gasteiger partial charge in [0, 0.05) is 5.69 Å². The Morgan fingerprint density at radius 1 is 1.38 bits per heavy atom. The smallest absolute Gasteiger partial charge is 0.216 e. The van der Waals surface area contributed by atoms with Crippen molar-refractivity contribution in [3.63, 3.8) is 0 Å². The summed E-state index contributed by atoms with van der Waals surface area (Å²) in [6, 6.07) is 0. The molecule has 0 fully saturated rings. The van der Waals surface area contributed by atoms with Crippen molar-refractivity contribution >= 4 is 5.78 Å². The maximum Gasteiger partial charge on any atom is 0.252 e. The van der Waals surface area contributed by atoms with Crippen molar-refractivity contribution < 1.29 is 0 Å². The van der Waals surface area contributed by atoms with Crippen LogP contribution in [-0.2, 0) is 6.42 Å². The van der Waals surface area contributed by atoms with Gasteiger partial charge in [0.05, 0.1) is 5.69 Å². The zero-order chi connectivity index (χ0) is 9.42. The summed E-state index contributed by atoms with van der Waals surface area (Å²) in [5.74, 6) is 0.694. The number of hydrogen-bond acceptors (Lipinski definition) is 3. The molecule has 0 amide bonds. The molecule has 68 valence electrons. The highest BCUT2D eigenvalue weighted by atomic mass is 15.3. The van der Waals surface area contributed by atoms with Crippen molar-refractivity contribution in [3.8, 4) is 0 Å². The van der Waals surface area contributed by atoms with Crippen LogP contribution in [0.25, 0.3) is 5.78 Å². The largest absolute Gasteiger partial charge is 0.252 e. The molecule has 0 saturated heterocycles. The van der Waals surface area contributed by atoms with Gasteiger partial charge in [-0.25, -0.2) is 9.50 Å². The second-order valence-corrected chi connectivity index (χ2v) is 3.09. The Balaban J connectivity index is 2.87. The predicted octanol–water partition coefficient (Wildman–Crippen LogP) is 1.30. The van der Waals surface area contributed by atoms with E-state index in [1.165, 1.54) is 11.3 Å². The maximum atomic E-state index is 4.33. The van der Waals surface area contributed by atoms with E-state index in [1.807, 2.05) is 11.4 Å². The van der Waals surface area contributed by atoms with Gasteiger partial charge in [-0.1, -0.05) is 6.92 Å². The van der Waals surface area contributed by atoms with Gasteiger partial charge in [-0.2, -0.15) is 10.1 Å². The van der Waals surface area contributed by atoms with Crippen LogP contribution in [0, 0.1) is 13.8 Å². The molecule has 0 aliphatic heterocycles. The Kier molecular flexibility index (Phi) is 1.76. The normalized spacial score (nSPS) is 11.0. The van der Waals surface area contributed by atoms with Crippen LogP contribution in [0.4, 0.5) is 0 Å². The summed E-state index contributed by atoms with van der Waals surface area (Å²) in [6.07, 6.45) is 2.50. The number of aromatic nitrogens is 4. The van der Waals surface area contributed by atoms with Crippen molar-refractivity contribution in [2.45, 2.75) is 27.2 Å². The molecular formula is C9H12N4. The molecule has 0 aliphatic carbocycles. The van der Waals surface area contributed by atoms with Gasteiger partial charge in [-0.05, 0) is 25.8 Å². The summed E-state index contributed by atoms with van der Waals surface area (Å²) in [6.45, 7) is 6.19. The third-order valence-electron chi connectivity index (χ3n) is 2.36. The molecule has 0 aliphatic rings. The van der Waals surface area contributed by atoms with E-state index in [-0.39, 0.29) is 0 Å². The van der Waals surface area contributed by atoms with Crippen LogP contribution in [0.1, 0.15) is 23.9 Å². The number of hydrogen-bond donors (Lipinski definition) is 0. The van der Waals surface area contributed by atoms with E-state index in [9.17, 15) is 0 Å². The van der Waals surface area contributed by atoms with Crippen LogP contribution >= 0.6 is 0 Å². The zero-order valence-corrected chi connectivity index (χ0v) is 8.07. The van der Waals surface area contributed by atoms with Crippen LogP contribution in [0.15, 0.2) is 6.33 Å². The summed E-state index contributed by atoms with van der Waals surface area (Å²) >= 11 is 0. The van der Waals surface area contributed by atoms with Gasteiger partial charge in [0.15, 0.2) is 0 Å². The molecule has 0 bridgehead atoms. The maximum absolute atomic E-state index is 4.33. The Labute approximate surface area is 76.6 Å². The molecule has 2 heterocycles. The second kappa shape index (κ2) is 2.80. The summed E-state index contributed by atoms with van der Waals surface area (Å²) in [5.41, 5.74) is 3.44. The highest BCUT2D eigenvalue weighted by Gasteiger charge is 2.08. The van der Waals surface area contributed by atoms with E-state index in [4.69, 9.17) is 0 Å². The standard InChI is InChI=1S/C9H12N4/c1-4-8-6(2)7(3)12-9-10-5-11-13(8)9/h5H,4H2,1-3H3. The van der Waals surface area contributed by atoms with Crippen molar-refractivity contribution in [2.75, 3.05) is 0 Å². The third kappa shape index (κ3) is 1.09. The lowest BCUT2D eigenvalue weighted by Crippen LogP contribution is -2.05. The highest BCUT2D eigenvalue weighted by Crippen LogP contribution is 2.12. The monoisotopic (exact) mass is 176 g/mol. The van der Waals surface area contributed by atoms with E-state index in [1.54, 1.807) is 6.33 Å². The molecule has 0 unspecified atom stereocenters. The fourth-order valence-corrected chi connectivity index (χ4v) is 1.52. The first-order valence-corrected chi connectivity index (χ1v) is 4.40. The average Bonchev–Trinajstić information content (AvgIpc) is 2.54.